The minimum absolute atomic E-state index is 0.247. The Morgan fingerprint density at radius 1 is 1.42 bits per heavy atom. The molecule has 1 fully saturated rings. The van der Waals surface area contributed by atoms with Crippen LogP contribution in [0, 0.1) is 5.92 Å². The average molecular weight is 278 g/mol. The maximum absolute atomic E-state index is 6.28. The van der Waals surface area contributed by atoms with Crippen LogP contribution >= 0.6 is 11.3 Å². The van der Waals surface area contributed by atoms with Crippen LogP contribution in [0.1, 0.15) is 56.0 Å². The van der Waals surface area contributed by atoms with E-state index < -0.39 is 0 Å². The van der Waals surface area contributed by atoms with Crippen LogP contribution in [0.4, 0.5) is 0 Å². The van der Waals surface area contributed by atoms with Crippen LogP contribution in [0.2, 0.25) is 0 Å². The quantitative estimate of drug-likeness (QED) is 0.896. The first-order valence-corrected chi connectivity index (χ1v) is 8.60. The van der Waals surface area contributed by atoms with Gasteiger partial charge in [-0.05, 0) is 49.1 Å². The van der Waals surface area contributed by atoms with Crippen molar-refractivity contribution in [2.24, 2.45) is 11.7 Å². The molecule has 2 heterocycles. The molecule has 2 aliphatic rings. The molecule has 19 heavy (non-hydrogen) atoms. The molecule has 0 bridgehead atoms. The van der Waals surface area contributed by atoms with Crippen LogP contribution in [0.3, 0.4) is 0 Å². The van der Waals surface area contributed by atoms with Crippen LogP contribution in [0.5, 0.6) is 0 Å². The van der Waals surface area contributed by atoms with Crippen molar-refractivity contribution in [3.8, 4) is 0 Å². The van der Waals surface area contributed by atoms with Gasteiger partial charge in [0.1, 0.15) is 0 Å². The Balaban J connectivity index is 1.92. The second-order valence-electron chi connectivity index (χ2n) is 6.37. The summed E-state index contributed by atoms with van der Waals surface area (Å²) in [5.41, 5.74) is 8.08. The van der Waals surface area contributed by atoms with Crippen molar-refractivity contribution in [3.63, 3.8) is 0 Å². The molecule has 3 atom stereocenters. The standard InChI is InChI=1S/C16H26N2S/c1-12-5-3-4-8-16(12,11-17)18-9-6-15-14(13(18)2)7-10-19-15/h7,10,12-13H,3-6,8-9,11,17H2,1-2H3. The van der Waals surface area contributed by atoms with E-state index in [1.807, 2.05) is 11.3 Å². The van der Waals surface area contributed by atoms with E-state index in [0.29, 0.717) is 6.04 Å². The molecule has 2 nitrogen and oxygen atoms in total. The summed E-state index contributed by atoms with van der Waals surface area (Å²) in [5.74, 6) is 0.730. The van der Waals surface area contributed by atoms with Gasteiger partial charge in [-0.25, -0.2) is 0 Å². The summed E-state index contributed by atoms with van der Waals surface area (Å²) in [7, 11) is 0. The fraction of sp³-hybridized carbons (Fsp3) is 0.750. The van der Waals surface area contributed by atoms with Crippen molar-refractivity contribution < 1.29 is 0 Å². The summed E-state index contributed by atoms with van der Waals surface area (Å²) >= 11 is 1.93. The summed E-state index contributed by atoms with van der Waals surface area (Å²) < 4.78 is 0. The predicted molar refractivity (Wildman–Crippen MR) is 82.6 cm³/mol. The van der Waals surface area contributed by atoms with Gasteiger partial charge >= 0.3 is 0 Å². The van der Waals surface area contributed by atoms with Crippen LogP contribution in [0.15, 0.2) is 11.4 Å². The van der Waals surface area contributed by atoms with E-state index in [9.17, 15) is 0 Å². The Morgan fingerprint density at radius 3 is 3.00 bits per heavy atom. The number of fused-ring (bicyclic) bond motifs is 1. The summed E-state index contributed by atoms with van der Waals surface area (Å²) in [6.07, 6.45) is 6.58. The average Bonchev–Trinajstić information content (AvgIpc) is 2.90. The van der Waals surface area contributed by atoms with Gasteiger partial charge < -0.3 is 5.73 Å². The highest BCUT2D eigenvalue weighted by molar-refractivity contribution is 7.10. The second kappa shape index (κ2) is 5.19. The third-order valence-corrected chi connectivity index (χ3v) is 6.61. The number of thiophene rings is 1. The molecule has 1 aromatic heterocycles. The van der Waals surface area contributed by atoms with Crippen molar-refractivity contribution in [3.05, 3.63) is 21.9 Å². The number of hydrogen-bond acceptors (Lipinski definition) is 3. The Morgan fingerprint density at radius 2 is 2.26 bits per heavy atom. The van der Waals surface area contributed by atoms with E-state index in [1.54, 1.807) is 10.4 Å². The van der Waals surface area contributed by atoms with Crippen molar-refractivity contribution in [2.45, 2.75) is 57.5 Å². The van der Waals surface area contributed by atoms with Gasteiger partial charge in [0, 0.05) is 29.5 Å². The third-order valence-electron chi connectivity index (χ3n) is 5.62. The summed E-state index contributed by atoms with van der Waals surface area (Å²) in [6, 6.07) is 2.87. The number of nitrogens with zero attached hydrogens (tertiary/aromatic N) is 1. The molecule has 1 aliphatic heterocycles. The van der Waals surface area contributed by atoms with Gasteiger partial charge in [0.05, 0.1) is 0 Å². The van der Waals surface area contributed by atoms with Gasteiger partial charge in [-0.2, -0.15) is 0 Å². The smallest absolute Gasteiger partial charge is 0.0363 e. The molecule has 1 aliphatic carbocycles. The molecule has 3 rings (SSSR count). The lowest BCUT2D eigenvalue weighted by Gasteiger charge is -2.54. The molecular weight excluding hydrogens is 252 g/mol. The van der Waals surface area contributed by atoms with Crippen molar-refractivity contribution in [2.75, 3.05) is 13.1 Å². The van der Waals surface area contributed by atoms with E-state index >= 15 is 0 Å². The van der Waals surface area contributed by atoms with E-state index in [2.05, 4.69) is 30.2 Å². The van der Waals surface area contributed by atoms with E-state index in [1.165, 1.54) is 38.6 Å². The molecular formula is C16H26N2S. The van der Waals surface area contributed by atoms with Gasteiger partial charge in [-0.1, -0.05) is 19.8 Å². The fourth-order valence-corrected chi connectivity index (χ4v) is 5.32. The lowest BCUT2D eigenvalue weighted by molar-refractivity contribution is -0.0188. The summed E-state index contributed by atoms with van der Waals surface area (Å²) in [5, 5.41) is 2.25. The van der Waals surface area contributed by atoms with E-state index in [4.69, 9.17) is 5.73 Å². The molecule has 1 aromatic rings. The first-order valence-electron chi connectivity index (χ1n) is 7.72. The third kappa shape index (κ3) is 2.07. The minimum Gasteiger partial charge on any atom is -0.329 e. The van der Waals surface area contributed by atoms with E-state index in [-0.39, 0.29) is 5.54 Å². The maximum atomic E-state index is 6.28. The van der Waals surface area contributed by atoms with Crippen molar-refractivity contribution in [1.29, 1.82) is 0 Å². The van der Waals surface area contributed by atoms with Crippen molar-refractivity contribution in [1.82, 2.24) is 4.90 Å². The van der Waals surface area contributed by atoms with Gasteiger partial charge in [-0.15, -0.1) is 11.3 Å². The number of nitrogens with two attached hydrogens (primary N) is 1. The zero-order valence-corrected chi connectivity index (χ0v) is 13.0. The number of rotatable bonds is 2. The largest absolute Gasteiger partial charge is 0.329 e. The maximum Gasteiger partial charge on any atom is 0.0363 e. The fourth-order valence-electron chi connectivity index (χ4n) is 4.36. The highest BCUT2D eigenvalue weighted by Gasteiger charge is 2.45. The van der Waals surface area contributed by atoms with Gasteiger partial charge in [0.2, 0.25) is 0 Å². The Hall–Kier alpha value is -0.380. The van der Waals surface area contributed by atoms with Gasteiger partial charge in [0.25, 0.3) is 0 Å². The SMILES string of the molecule is CC1c2ccsc2CCN1C1(CN)CCCCC1C. The molecule has 0 spiro atoms. The van der Waals surface area contributed by atoms with Crippen LogP contribution in [0.25, 0.3) is 0 Å². The van der Waals surface area contributed by atoms with Gasteiger partial charge in [0.15, 0.2) is 0 Å². The van der Waals surface area contributed by atoms with Crippen molar-refractivity contribution >= 4 is 11.3 Å². The molecule has 2 N–H and O–H groups in total. The van der Waals surface area contributed by atoms with Crippen LogP contribution in [-0.4, -0.2) is 23.5 Å². The molecule has 1 saturated carbocycles. The molecule has 0 radical (unpaired) electrons. The Labute approximate surface area is 121 Å². The highest BCUT2D eigenvalue weighted by atomic mass is 32.1. The molecule has 0 aromatic carbocycles. The number of hydrogen-bond donors (Lipinski definition) is 1. The normalized spacial score (nSPS) is 36.2. The Kier molecular flexibility index (Phi) is 3.71. The molecule has 0 saturated heterocycles. The van der Waals surface area contributed by atoms with Gasteiger partial charge in [-0.3, -0.25) is 4.90 Å². The molecule has 0 amide bonds. The summed E-state index contributed by atoms with van der Waals surface area (Å²) in [6.45, 7) is 6.81. The van der Waals surface area contributed by atoms with Crippen LogP contribution < -0.4 is 5.73 Å². The predicted octanol–water partition coefficient (Wildman–Crippen LogP) is 3.57. The second-order valence-corrected chi connectivity index (χ2v) is 7.37. The molecule has 3 heteroatoms. The Bertz CT molecular complexity index is 442. The lowest BCUT2D eigenvalue weighted by Crippen LogP contribution is -2.61. The summed E-state index contributed by atoms with van der Waals surface area (Å²) in [4.78, 5) is 4.34. The first-order chi connectivity index (χ1) is 9.19. The van der Waals surface area contributed by atoms with E-state index in [0.717, 1.165) is 12.5 Å². The molecule has 106 valence electrons. The minimum atomic E-state index is 0.247. The monoisotopic (exact) mass is 278 g/mol. The molecule has 3 unspecified atom stereocenters. The zero-order chi connectivity index (χ0) is 13.5. The lowest BCUT2D eigenvalue weighted by atomic mass is 9.71. The first kappa shape index (κ1) is 13.6. The van der Waals surface area contributed by atoms with Crippen LogP contribution in [-0.2, 0) is 6.42 Å². The topological polar surface area (TPSA) is 29.3 Å². The zero-order valence-electron chi connectivity index (χ0n) is 12.2. The highest BCUT2D eigenvalue weighted by Crippen LogP contribution is 2.44.